The van der Waals surface area contributed by atoms with Gasteiger partial charge in [0.05, 0.1) is 7.11 Å². The Morgan fingerprint density at radius 2 is 1.82 bits per heavy atom. The minimum absolute atomic E-state index is 0.0838. The van der Waals surface area contributed by atoms with Crippen LogP contribution in [0.1, 0.15) is 54.2 Å². The fourth-order valence-corrected chi connectivity index (χ4v) is 4.56. The van der Waals surface area contributed by atoms with Crippen LogP contribution in [0.25, 0.3) is 0 Å². The van der Waals surface area contributed by atoms with Crippen molar-refractivity contribution in [3.63, 3.8) is 0 Å². The molecule has 1 aliphatic carbocycles. The number of ether oxygens (including phenoxy) is 1. The number of carbonyl (C=O) groups is 2. The van der Waals surface area contributed by atoms with Crippen LogP contribution in [0.4, 0.5) is 5.69 Å². The molecule has 1 fully saturated rings. The van der Waals surface area contributed by atoms with E-state index in [1.54, 1.807) is 61.8 Å². The smallest absolute Gasteiger partial charge is 0.277 e. The first-order chi connectivity index (χ1) is 16.6. The Morgan fingerprint density at radius 3 is 2.53 bits per heavy atom. The molecule has 6 nitrogen and oxygen atoms in total. The van der Waals surface area contributed by atoms with Gasteiger partial charge in [0, 0.05) is 22.9 Å². The molecule has 3 aromatic rings. The fraction of sp³-hybridized carbons (Fsp3) is 0.296. The van der Waals surface area contributed by atoms with Crippen LogP contribution < -0.4 is 15.0 Å². The molecule has 0 aliphatic heterocycles. The average molecular weight is 478 g/mol. The van der Waals surface area contributed by atoms with E-state index in [4.69, 9.17) is 16.3 Å². The topological polar surface area (TPSA) is 71.5 Å². The van der Waals surface area contributed by atoms with Crippen LogP contribution in [0, 0.1) is 0 Å². The minimum atomic E-state index is -0.940. The van der Waals surface area contributed by atoms with Crippen molar-refractivity contribution in [3.8, 4) is 5.75 Å². The number of hydrogen-bond acceptors (Lipinski definition) is 4. The fourth-order valence-electron chi connectivity index (χ4n) is 4.38. The lowest BCUT2D eigenvalue weighted by molar-refractivity contribution is -0.123. The second-order valence-electron chi connectivity index (χ2n) is 8.39. The number of pyridine rings is 1. The van der Waals surface area contributed by atoms with Crippen molar-refractivity contribution in [1.82, 2.24) is 10.3 Å². The molecule has 7 heteroatoms. The van der Waals surface area contributed by atoms with Gasteiger partial charge in [0.2, 0.25) is 5.91 Å². The van der Waals surface area contributed by atoms with Crippen LogP contribution in [0.2, 0.25) is 5.02 Å². The SMILES string of the molecule is COc1cccc([C@H](C(=O)NC2CCCCC2)N(C(=O)c2ccccn2)c2cccc(Cl)c2)c1. The third kappa shape index (κ3) is 5.57. The van der Waals surface area contributed by atoms with Gasteiger partial charge < -0.3 is 10.1 Å². The van der Waals surface area contributed by atoms with Crippen molar-refractivity contribution in [3.05, 3.63) is 89.2 Å². The average Bonchev–Trinajstić information content (AvgIpc) is 2.88. The van der Waals surface area contributed by atoms with Crippen molar-refractivity contribution in [2.24, 2.45) is 0 Å². The molecule has 1 aliphatic rings. The highest BCUT2D eigenvalue weighted by Crippen LogP contribution is 2.33. The zero-order chi connectivity index (χ0) is 23.9. The standard InChI is InChI=1S/C27H28ClN3O3/c1-34-23-14-7-9-19(17-23)25(26(32)30-21-11-3-2-4-12-21)31(22-13-8-10-20(28)18-22)27(33)24-15-5-6-16-29-24/h5-10,13-18,21,25H,2-4,11-12H2,1H3,(H,30,32)/t25-/m1/s1. The van der Waals surface area contributed by atoms with E-state index in [-0.39, 0.29) is 17.6 Å². The van der Waals surface area contributed by atoms with E-state index >= 15 is 0 Å². The number of halogens is 1. The summed E-state index contributed by atoms with van der Waals surface area (Å²) in [5.41, 5.74) is 1.38. The molecule has 1 atom stereocenters. The summed E-state index contributed by atoms with van der Waals surface area (Å²) in [6.45, 7) is 0. The molecule has 1 aromatic heterocycles. The number of amides is 2. The number of rotatable bonds is 7. The Hall–Kier alpha value is -3.38. The van der Waals surface area contributed by atoms with E-state index < -0.39 is 11.9 Å². The minimum Gasteiger partial charge on any atom is -0.497 e. The Labute approximate surface area is 204 Å². The quantitative estimate of drug-likeness (QED) is 0.482. The summed E-state index contributed by atoms with van der Waals surface area (Å²) in [4.78, 5) is 33.4. The van der Waals surface area contributed by atoms with E-state index in [1.165, 1.54) is 11.3 Å². The van der Waals surface area contributed by atoms with Crippen LogP contribution in [0.15, 0.2) is 72.9 Å². The molecule has 2 aromatic carbocycles. The third-order valence-electron chi connectivity index (χ3n) is 6.06. The summed E-state index contributed by atoms with van der Waals surface area (Å²) in [5.74, 6) is -0.0387. The first-order valence-electron chi connectivity index (χ1n) is 11.5. The normalized spacial score (nSPS) is 14.8. The molecule has 4 rings (SSSR count). The summed E-state index contributed by atoms with van der Waals surface area (Å²) in [7, 11) is 1.57. The van der Waals surface area contributed by atoms with Crippen molar-refractivity contribution < 1.29 is 14.3 Å². The number of nitrogens with one attached hydrogen (secondary N) is 1. The lowest BCUT2D eigenvalue weighted by Crippen LogP contribution is -2.47. The van der Waals surface area contributed by atoms with Gasteiger partial charge in [-0.2, -0.15) is 0 Å². The monoisotopic (exact) mass is 477 g/mol. The summed E-state index contributed by atoms with van der Waals surface area (Å²) in [5, 5.41) is 3.67. The summed E-state index contributed by atoms with van der Waals surface area (Å²) in [6, 6.07) is 18.5. The zero-order valence-electron chi connectivity index (χ0n) is 19.1. The second kappa shape index (κ2) is 11.2. The summed E-state index contributed by atoms with van der Waals surface area (Å²) >= 11 is 6.30. The molecule has 0 radical (unpaired) electrons. The largest absolute Gasteiger partial charge is 0.497 e. The number of benzene rings is 2. The number of methoxy groups -OCH3 is 1. The molecule has 0 unspecified atom stereocenters. The molecule has 2 amide bonds. The van der Waals surface area contributed by atoms with Crippen LogP contribution in [-0.2, 0) is 4.79 Å². The van der Waals surface area contributed by atoms with Gasteiger partial charge in [-0.05, 0) is 60.9 Å². The molecular formula is C27H28ClN3O3. The van der Waals surface area contributed by atoms with Gasteiger partial charge >= 0.3 is 0 Å². The van der Waals surface area contributed by atoms with Gasteiger partial charge in [-0.25, -0.2) is 0 Å². The zero-order valence-corrected chi connectivity index (χ0v) is 19.9. The Balaban J connectivity index is 1.82. The number of aromatic nitrogens is 1. The first-order valence-corrected chi connectivity index (χ1v) is 11.9. The van der Waals surface area contributed by atoms with Crippen molar-refractivity contribution in [2.45, 2.75) is 44.2 Å². The molecular weight excluding hydrogens is 450 g/mol. The summed E-state index contributed by atoms with van der Waals surface area (Å²) in [6.07, 6.45) is 6.77. The van der Waals surface area contributed by atoms with Crippen LogP contribution in [0.3, 0.4) is 0 Å². The van der Waals surface area contributed by atoms with Gasteiger partial charge in [0.15, 0.2) is 0 Å². The van der Waals surface area contributed by atoms with Gasteiger partial charge in [0.25, 0.3) is 5.91 Å². The van der Waals surface area contributed by atoms with Crippen LogP contribution >= 0.6 is 11.6 Å². The highest BCUT2D eigenvalue weighted by atomic mass is 35.5. The number of nitrogens with zero attached hydrogens (tertiary/aromatic N) is 2. The van der Waals surface area contributed by atoms with E-state index in [9.17, 15) is 9.59 Å². The maximum Gasteiger partial charge on any atom is 0.277 e. The van der Waals surface area contributed by atoms with E-state index in [2.05, 4.69) is 10.3 Å². The van der Waals surface area contributed by atoms with E-state index in [0.29, 0.717) is 22.0 Å². The predicted molar refractivity (Wildman–Crippen MR) is 133 cm³/mol. The molecule has 34 heavy (non-hydrogen) atoms. The van der Waals surface area contributed by atoms with Gasteiger partial charge in [-0.3, -0.25) is 19.5 Å². The van der Waals surface area contributed by atoms with Gasteiger partial charge in [0.1, 0.15) is 17.5 Å². The van der Waals surface area contributed by atoms with E-state index in [1.807, 2.05) is 18.2 Å². The molecule has 176 valence electrons. The molecule has 1 heterocycles. The predicted octanol–water partition coefficient (Wildman–Crippen LogP) is 5.58. The maximum absolute atomic E-state index is 13.8. The van der Waals surface area contributed by atoms with Gasteiger partial charge in [-0.15, -0.1) is 0 Å². The highest BCUT2D eigenvalue weighted by Gasteiger charge is 2.35. The third-order valence-corrected chi connectivity index (χ3v) is 6.29. The first kappa shape index (κ1) is 23.8. The Morgan fingerprint density at radius 1 is 1.03 bits per heavy atom. The number of hydrogen-bond donors (Lipinski definition) is 1. The Bertz CT molecular complexity index is 1130. The molecule has 0 bridgehead atoms. The maximum atomic E-state index is 13.8. The van der Waals surface area contributed by atoms with Crippen LogP contribution in [0.5, 0.6) is 5.75 Å². The van der Waals surface area contributed by atoms with Gasteiger partial charge in [-0.1, -0.05) is 55.1 Å². The van der Waals surface area contributed by atoms with Crippen LogP contribution in [-0.4, -0.2) is 29.9 Å². The highest BCUT2D eigenvalue weighted by molar-refractivity contribution is 6.31. The number of anilines is 1. The molecule has 1 N–H and O–H groups in total. The molecule has 1 saturated carbocycles. The second-order valence-corrected chi connectivity index (χ2v) is 8.83. The number of carbonyl (C=O) groups excluding carboxylic acids is 2. The lowest BCUT2D eigenvalue weighted by Gasteiger charge is -2.33. The van der Waals surface area contributed by atoms with Crippen molar-refractivity contribution in [2.75, 3.05) is 12.0 Å². The molecule has 0 spiro atoms. The summed E-state index contributed by atoms with van der Waals surface area (Å²) < 4.78 is 5.42. The Kier molecular flexibility index (Phi) is 7.80. The molecule has 0 saturated heterocycles. The lowest BCUT2D eigenvalue weighted by atomic mass is 9.94. The van der Waals surface area contributed by atoms with Crippen molar-refractivity contribution in [1.29, 1.82) is 0 Å². The van der Waals surface area contributed by atoms with E-state index in [0.717, 1.165) is 25.7 Å². The van der Waals surface area contributed by atoms with Crippen molar-refractivity contribution >= 4 is 29.1 Å².